The van der Waals surface area contributed by atoms with Gasteiger partial charge in [0.25, 0.3) is 0 Å². The van der Waals surface area contributed by atoms with E-state index in [9.17, 15) is 0 Å². The van der Waals surface area contributed by atoms with Crippen LogP contribution >= 0.6 is 0 Å². The summed E-state index contributed by atoms with van der Waals surface area (Å²) in [5.41, 5.74) is 0. The Morgan fingerprint density at radius 2 is 1.12 bits per heavy atom. The highest BCUT2D eigenvalue weighted by molar-refractivity contribution is 4.74. The molecule has 2 unspecified atom stereocenters. The third kappa shape index (κ3) is 19.8. The fourth-order valence-corrected chi connectivity index (χ4v) is 3.07. The van der Waals surface area contributed by atoms with Crippen molar-refractivity contribution in [2.75, 3.05) is 0 Å². The summed E-state index contributed by atoms with van der Waals surface area (Å²) >= 11 is 0. The quantitative estimate of drug-likeness (QED) is 0.166. The van der Waals surface area contributed by atoms with E-state index in [1.807, 2.05) is 6.08 Å². The van der Waals surface area contributed by atoms with Gasteiger partial charge in [0.15, 0.2) is 6.29 Å². The molecule has 1 fully saturated rings. The van der Waals surface area contributed by atoms with Gasteiger partial charge < -0.3 is 9.84 Å². The molecule has 0 amide bonds. The van der Waals surface area contributed by atoms with E-state index < -0.39 is 6.29 Å². The van der Waals surface area contributed by atoms with Gasteiger partial charge in [-0.2, -0.15) is 0 Å². The monoisotopic (exact) mass is 354 g/mol. The number of ether oxygens (including phenoxy) is 1. The molecule has 0 bridgehead atoms. The highest BCUT2D eigenvalue weighted by Crippen LogP contribution is 2.24. The van der Waals surface area contributed by atoms with E-state index in [4.69, 9.17) is 9.84 Å². The van der Waals surface area contributed by atoms with Crippen molar-refractivity contribution < 1.29 is 9.84 Å². The molecule has 150 valence electrons. The van der Waals surface area contributed by atoms with Crippen LogP contribution in [0.15, 0.2) is 12.7 Å². The molecule has 0 aliphatic carbocycles. The lowest BCUT2D eigenvalue weighted by molar-refractivity contribution is 0.156. The number of hydrogen-bond acceptors (Lipinski definition) is 2. The molecule has 0 spiro atoms. The van der Waals surface area contributed by atoms with E-state index in [0.717, 1.165) is 6.42 Å². The zero-order valence-electron chi connectivity index (χ0n) is 17.3. The molecule has 0 aromatic carbocycles. The van der Waals surface area contributed by atoms with E-state index in [1.54, 1.807) is 0 Å². The Morgan fingerprint density at radius 3 is 1.52 bits per heavy atom. The summed E-state index contributed by atoms with van der Waals surface area (Å²) in [4.78, 5) is 0. The first-order valence-electron chi connectivity index (χ1n) is 11.2. The number of epoxide rings is 1. The van der Waals surface area contributed by atoms with Gasteiger partial charge in [-0.15, -0.1) is 6.58 Å². The SMILES string of the molecule is C=CCCCCC.CCCCCCCCCCCCCCC1OC1O. The second-order valence-electron chi connectivity index (χ2n) is 7.53. The van der Waals surface area contributed by atoms with E-state index in [1.165, 1.54) is 103 Å². The van der Waals surface area contributed by atoms with Crippen LogP contribution in [0.4, 0.5) is 0 Å². The van der Waals surface area contributed by atoms with E-state index in [2.05, 4.69) is 20.4 Å². The summed E-state index contributed by atoms with van der Waals surface area (Å²) in [5.74, 6) is 0. The van der Waals surface area contributed by atoms with Crippen molar-refractivity contribution in [3.63, 3.8) is 0 Å². The highest BCUT2D eigenvalue weighted by Gasteiger charge is 2.35. The molecule has 0 aromatic rings. The molecule has 1 heterocycles. The van der Waals surface area contributed by atoms with Gasteiger partial charge in [-0.3, -0.25) is 0 Å². The van der Waals surface area contributed by atoms with Gasteiger partial charge in [0.2, 0.25) is 0 Å². The van der Waals surface area contributed by atoms with Gasteiger partial charge in [-0.05, 0) is 19.3 Å². The van der Waals surface area contributed by atoms with Gasteiger partial charge >= 0.3 is 0 Å². The zero-order valence-corrected chi connectivity index (χ0v) is 17.3. The molecule has 2 heteroatoms. The largest absolute Gasteiger partial charge is 0.366 e. The molecular weight excluding hydrogens is 308 g/mol. The summed E-state index contributed by atoms with van der Waals surface area (Å²) in [5, 5.41) is 8.98. The maximum atomic E-state index is 8.98. The van der Waals surface area contributed by atoms with Crippen molar-refractivity contribution in [2.45, 2.75) is 135 Å². The second kappa shape index (κ2) is 20.0. The summed E-state index contributed by atoms with van der Waals surface area (Å²) < 4.78 is 4.97. The zero-order chi connectivity index (χ0) is 18.6. The molecule has 0 radical (unpaired) electrons. The van der Waals surface area contributed by atoms with Crippen LogP contribution in [0.1, 0.15) is 123 Å². The molecule has 1 aliphatic rings. The summed E-state index contributed by atoms with van der Waals surface area (Å²) in [6, 6.07) is 0. The van der Waals surface area contributed by atoms with Gasteiger partial charge in [-0.1, -0.05) is 110 Å². The van der Waals surface area contributed by atoms with Crippen molar-refractivity contribution in [1.82, 2.24) is 0 Å². The van der Waals surface area contributed by atoms with E-state index in [-0.39, 0.29) is 6.10 Å². The van der Waals surface area contributed by atoms with Crippen LogP contribution in [0.2, 0.25) is 0 Å². The Bertz CT molecular complexity index is 265. The lowest BCUT2D eigenvalue weighted by Gasteiger charge is -2.02. The fourth-order valence-electron chi connectivity index (χ4n) is 3.07. The van der Waals surface area contributed by atoms with Crippen molar-refractivity contribution in [3.8, 4) is 0 Å². The van der Waals surface area contributed by atoms with Crippen molar-refractivity contribution in [1.29, 1.82) is 0 Å². The lowest BCUT2D eigenvalue weighted by atomic mass is 10.0. The summed E-state index contributed by atoms with van der Waals surface area (Å²) in [7, 11) is 0. The number of aliphatic hydroxyl groups is 1. The maximum Gasteiger partial charge on any atom is 0.181 e. The summed E-state index contributed by atoms with van der Waals surface area (Å²) in [6.45, 7) is 8.12. The molecular formula is C23H46O2. The van der Waals surface area contributed by atoms with Crippen LogP contribution in [-0.4, -0.2) is 17.5 Å². The molecule has 0 aromatic heterocycles. The molecule has 25 heavy (non-hydrogen) atoms. The van der Waals surface area contributed by atoms with E-state index >= 15 is 0 Å². The molecule has 1 rings (SSSR count). The minimum atomic E-state index is -0.433. The van der Waals surface area contributed by atoms with Crippen LogP contribution in [0.5, 0.6) is 0 Å². The van der Waals surface area contributed by atoms with Crippen LogP contribution in [0, 0.1) is 0 Å². The average molecular weight is 355 g/mol. The molecule has 2 nitrogen and oxygen atoms in total. The van der Waals surface area contributed by atoms with Crippen LogP contribution in [0.25, 0.3) is 0 Å². The fraction of sp³-hybridized carbons (Fsp3) is 0.913. The topological polar surface area (TPSA) is 32.8 Å². The normalized spacial score (nSPS) is 18.5. The number of rotatable bonds is 17. The minimum absolute atomic E-state index is 0.174. The van der Waals surface area contributed by atoms with Crippen molar-refractivity contribution in [2.24, 2.45) is 0 Å². The third-order valence-electron chi connectivity index (χ3n) is 4.91. The van der Waals surface area contributed by atoms with Crippen molar-refractivity contribution in [3.05, 3.63) is 12.7 Å². The second-order valence-corrected chi connectivity index (χ2v) is 7.53. The molecule has 1 N–H and O–H groups in total. The first-order chi connectivity index (χ1) is 12.3. The van der Waals surface area contributed by atoms with Crippen LogP contribution in [0.3, 0.4) is 0 Å². The van der Waals surface area contributed by atoms with Crippen LogP contribution in [-0.2, 0) is 4.74 Å². The Hall–Kier alpha value is -0.340. The smallest absolute Gasteiger partial charge is 0.181 e. The molecule has 0 saturated carbocycles. The van der Waals surface area contributed by atoms with Crippen LogP contribution < -0.4 is 0 Å². The first kappa shape index (κ1) is 24.7. The lowest BCUT2D eigenvalue weighted by Crippen LogP contribution is -1.91. The highest BCUT2D eigenvalue weighted by atomic mass is 16.7. The maximum absolute atomic E-state index is 8.98. The average Bonchev–Trinajstić information content (AvgIpc) is 3.32. The molecule has 1 saturated heterocycles. The van der Waals surface area contributed by atoms with E-state index in [0.29, 0.717) is 0 Å². The Labute approximate surface area is 158 Å². The van der Waals surface area contributed by atoms with Crippen molar-refractivity contribution >= 4 is 0 Å². The Kier molecular flexibility index (Phi) is 19.7. The predicted octanol–water partition coefficient (Wildman–Crippen LogP) is 7.55. The number of allylic oxidation sites excluding steroid dienone is 1. The Morgan fingerprint density at radius 1 is 0.720 bits per heavy atom. The predicted molar refractivity (Wildman–Crippen MR) is 111 cm³/mol. The number of unbranched alkanes of at least 4 members (excludes halogenated alkanes) is 14. The Balaban J connectivity index is 0.000000697. The number of hydrogen-bond donors (Lipinski definition) is 1. The first-order valence-corrected chi connectivity index (χ1v) is 11.2. The summed E-state index contributed by atoms with van der Waals surface area (Å²) in [6.07, 6.45) is 24.6. The minimum Gasteiger partial charge on any atom is -0.366 e. The van der Waals surface area contributed by atoms with Gasteiger partial charge in [0.1, 0.15) is 6.10 Å². The third-order valence-corrected chi connectivity index (χ3v) is 4.91. The number of aliphatic hydroxyl groups excluding tert-OH is 1. The molecule has 2 atom stereocenters. The van der Waals surface area contributed by atoms with Gasteiger partial charge in [0.05, 0.1) is 0 Å². The van der Waals surface area contributed by atoms with Gasteiger partial charge in [0, 0.05) is 0 Å². The van der Waals surface area contributed by atoms with Gasteiger partial charge in [-0.25, -0.2) is 0 Å². The molecule has 1 aliphatic heterocycles. The standard InChI is InChI=1S/C16H32O2.C7H14/c1-2-3-4-5-6-7-8-9-10-11-12-13-14-15-16(17)18-15;1-3-5-7-6-4-2/h15-17H,2-14H2,1H3;3H,1,4-7H2,2H3.